The summed E-state index contributed by atoms with van der Waals surface area (Å²) in [4.78, 5) is 7.57. The molecule has 3 rings (SSSR count). The van der Waals surface area contributed by atoms with Crippen molar-refractivity contribution in [3.05, 3.63) is 64.4 Å². The first kappa shape index (κ1) is 17.6. The van der Waals surface area contributed by atoms with Gasteiger partial charge in [0.15, 0.2) is 0 Å². The summed E-state index contributed by atoms with van der Waals surface area (Å²) in [6.07, 6.45) is 2.98. The number of aromatic nitrogens is 4. The van der Waals surface area contributed by atoms with Gasteiger partial charge in [-0.3, -0.25) is 4.98 Å². The van der Waals surface area contributed by atoms with Gasteiger partial charge in [-0.25, -0.2) is 22.2 Å². The number of nitrogens with zero attached hydrogens (tertiary/aromatic N) is 4. The van der Waals surface area contributed by atoms with Crippen LogP contribution in [0.2, 0.25) is 10.0 Å². The second-order valence-corrected chi connectivity index (χ2v) is 7.32. The Hall–Kier alpha value is -2.23. The minimum Gasteiger partial charge on any atom is -0.259 e. The van der Waals surface area contributed by atoms with Crippen LogP contribution in [0.3, 0.4) is 0 Å². The lowest BCUT2D eigenvalue weighted by molar-refractivity contribution is 0.599. The van der Waals surface area contributed by atoms with Crippen LogP contribution < -0.4 is 4.72 Å². The maximum Gasteiger partial charge on any atom is 0.267 e. The summed E-state index contributed by atoms with van der Waals surface area (Å²) in [6.45, 7) is 0.313. The van der Waals surface area contributed by atoms with Gasteiger partial charge in [0.25, 0.3) is 16.0 Å². The molecule has 130 valence electrons. The van der Waals surface area contributed by atoms with E-state index >= 15 is 0 Å². The third-order valence-electron chi connectivity index (χ3n) is 3.04. The van der Waals surface area contributed by atoms with Crippen molar-refractivity contribution in [2.24, 2.45) is 0 Å². The molecule has 1 aromatic carbocycles. The minimum absolute atomic E-state index is 0.174. The molecule has 11 heteroatoms. The predicted molar refractivity (Wildman–Crippen MR) is 90.6 cm³/mol. The van der Waals surface area contributed by atoms with Crippen LogP contribution in [0.25, 0.3) is 0 Å². The largest absolute Gasteiger partial charge is 0.267 e. The second kappa shape index (κ2) is 6.95. The Bertz CT molecular complexity index is 988. The summed E-state index contributed by atoms with van der Waals surface area (Å²) < 4.78 is 41.6. The topological polar surface area (TPSA) is 89.8 Å². The fourth-order valence-corrected chi connectivity index (χ4v) is 4.17. The van der Waals surface area contributed by atoms with Crippen LogP contribution >= 0.6 is 23.2 Å². The Balaban J connectivity index is 1.83. The molecule has 2 aromatic heterocycles. The quantitative estimate of drug-likeness (QED) is 0.709. The van der Waals surface area contributed by atoms with E-state index in [-0.39, 0.29) is 16.0 Å². The third-order valence-corrected chi connectivity index (χ3v) is 5.29. The molecule has 0 aliphatic rings. The maximum absolute atomic E-state index is 13.2. The molecule has 3 aromatic rings. The first-order valence-corrected chi connectivity index (χ1v) is 9.06. The lowest BCUT2D eigenvalue weighted by Crippen LogP contribution is -2.15. The van der Waals surface area contributed by atoms with Gasteiger partial charge in [0.05, 0.1) is 22.3 Å². The number of hydrogen-bond acceptors (Lipinski definition) is 5. The van der Waals surface area contributed by atoms with Crippen molar-refractivity contribution < 1.29 is 12.8 Å². The molecule has 0 unspecified atom stereocenters. The number of sulfonamides is 1. The van der Waals surface area contributed by atoms with E-state index in [9.17, 15) is 12.8 Å². The monoisotopic (exact) mass is 401 g/mol. The Morgan fingerprint density at radius 3 is 2.52 bits per heavy atom. The number of benzene rings is 1. The van der Waals surface area contributed by atoms with Crippen LogP contribution in [-0.2, 0) is 16.6 Å². The van der Waals surface area contributed by atoms with Gasteiger partial charge >= 0.3 is 0 Å². The van der Waals surface area contributed by atoms with E-state index in [1.54, 1.807) is 18.3 Å². The van der Waals surface area contributed by atoms with Gasteiger partial charge in [-0.1, -0.05) is 29.3 Å². The summed E-state index contributed by atoms with van der Waals surface area (Å²) in [5, 5.41) is 3.32. The molecule has 7 nitrogen and oxygen atoms in total. The van der Waals surface area contributed by atoms with Crippen molar-refractivity contribution in [1.29, 1.82) is 0 Å². The van der Waals surface area contributed by atoms with Crippen LogP contribution in [-0.4, -0.2) is 28.2 Å². The van der Waals surface area contributed by atoms with Crippen molar-refractivity contribution in [3.63, 3.8) is 0 Å². The number of anilines is 1. The number of halogens is 3. The molecule has 0 aliphatic heterocycles. The molecule has 0 spiro atoms. The third kappa shape index (κ3) is 4.06. The van der Waals surface area contributed by atoms with E-state index in [0.717, 1.165) is 17.8 Å². The lowest BCUT2D eigenvalue weighted by atomic mass is 10.3. The molecule has 0 bridgehead atoms. The molecule has 0 fully saturated rings. The maximum atomic E-state index is 13.2. The van der Waals surface area contributed by atoms with E-state index in [4.69, 9.17) is 23.2 Å². The normalized spacial score (nSPS) is 11.5. The van der Waals surface area contributed by atoms with Crippen LogP contribution in [0.5, 0.6) is 0 Å². The highest BCUT2D eigenvalue weighted by molar-refractivity contribution is 7.93. The van der Waals surface area contributed by atoms with Crippen molar-refractivity contribution >= 4 is 39.2 Å². The zero-order valence-corrected chi connectivity index (χ0v) is 14.7. The van der Waals surface area contributed by atoms with E-state index < -0.39 is 20.7 Å². The number of nitrogens with one attached hydrogen (secondary N) is 1. The van der Waals surface area contributed by atoms with Crippen molar-refractivity contribution in [2.45, 2.75) is 11.4 Å². The fourth-order valence-electron chi connectivity index (χ4n) is 2.03. The van der Waals surface area contributed by atoms with E-state index in [0.29, 0.717) is 6.54 Å². The molecule has 0 radical (unpaired) electrons. The Morgan fingerprint density at radius 2 is 1.88 bits per heavy atom. The lowest BCUT2D eigenvalue weighted by Gasteiger charge is -2.08. The fraction of sp³-hybridized carbons (Fsp3) is 0.0714. The van der Waals surface area contributed by atoms with E-state index in [2.05, 4.69) is 19.8 Å². The average Bonchev–Trinajstić information content (AvgIpc) is 2.93. The molecule has 0 aliphatic carbocycles. The molecule has 0 saturated heterocycles. The molecule has 25 heavy (non-hydrogen) atoms. The highest BCUT2D eigenvalue weighted by Gasteiger charge is 2.24. The molecular weight excluding hydrogens is 392 g/mol. The molecule has 2 heterocycles. The summed E-state index contributed by atoms with van der Waals surface area (Å²) in [5.41, 5.74) is 0.728. The number of rotatable bonds is 5. The molecular formula is C14H10Cl2FN5O2S. The van der Waals surface area contributed by atoms with Crippen LogP contribution in [0.15, 0.2) is 47.8 Å². The molecule has 0 amide bonds. The second-order valence-electron chi connectivity index (χ2n) is 4.89. The standard InChI is InChI=1S/C14H10Cl2FN5O2S/c15-11-5-9(17)6-12(16)13(11)25(23,24)21-14-19-8-22(20-14)7-10-3-1-2-4-18-10/h1-6,8H,7H2,(H,20,21). The summed E-state index contributed by atoms with van der Waals surface area (Å²) >= 11 is 11.6. The van der Waals surface area contributed by atoms with Crippen LogP contribution in [0.4, 0.5) is 10.3 Å². The SMILES string of the molecule is O=S(=O)(Nc1ncn(Cc2ccccn2)n1)c1c(Cl)cc(F)cc1Cl. The highest BCUT2D eigenvalue weighted by atomic mass is 35.5. The Labute approximate surface area is 152 Å². The first-order valence-electron chi connectivity index (χ1n) is 6.82. The van der Waals surface area contributed by atoms with Gasteiger partial charge < -0.3 is 0 Å². The van der Waals surface area contributed by atoms with Gasteiger partial charge in [0.2, 0.25) is 0 Å². The zero-order chi connectivity index (χ0) is 18.0. The van der Waals surface area contributed by atoms with Crippen molar-refractivity contribution in [1.82, 2.24) is 19.7 Å². The van der Waals surface area contributed by atoms with Gasteiger partial charge in [0, 0.05) is 6.20 Å². The Morgan fingerprint density at radius 1 is 1.16 bits per heavy atom. The average molecular weight is 402 g/mol. The van der Waals surface area contributed by atoms with Gasteiger partial charge in [-0.05, 0) is 24.3 Å². The number of hydrogen-bond donors (Lipinski definition) is 1. The van der Waals surface area contributed by atoms with Crippen LogP contribution in [0, 0.1) is 5.82 Å². The number of pyridine rings is 1. The first-order chi connectivity index (χ1) is 11.8. The summed E-state index contributed by atoms with van der Waals surface area (Å²) in [5.74, 6) is -0.917. The molecule has 0 atom stereocenters. The zero-order valence-electron chi connectivity index (χ0n) is 12.4. The van der Waals surface area contributed by atoms with Gasteiger partial charge in [-0.2, -0.15) is 4.98 Å². The smallest absolute Gasteiger partial charge is 0.259 e. The van der Waals surface area contributed by atoms with Gasteiger partial charge in [-0.15, -0.1) is 5.10 Å². The molecule has 0 saturated carbocycles. The predicted octanol–water partition coefficient (Wildman–Crippen LogP) is 2.97. The van der Waals surface area contributed by atoms with Gasteiger partial charge in [0.1, 0.15) is 17.0 Å². The summed E-state index contributed by atoms with van der Waals surface area (Å²) in [7, 11) is -4.19. The van der Waals surface area contributed by atoms with Crippen molar-refractivity contribution in [3.8, 4) is 0 Å². The van der Waals surface area contributed by atoms with Crippen LogP contribution in [0.1, 0.15) is 5.69 Å². The van der Waals surface area contributed by atoms with Crippen molar-refractivity contribution in [2.75, 3.05) is 4.72 Å². The summed E-state index contributed by atoms with van der Waals surface area (Å²) in [6, 6.07) is 7.11. The van der Waals surface area contributed by atoms with E-state index in [1.807, 2.05) is 6.07 Å². The van der Waals surface area contributed by atoms with E-state index in [1.165, 1.54) is 11.0 Å². The minimum atomic E-state index is -4.19. The molecule has 1 N–H and O–H groups in total. The highest BCUT2D eigenvalue weighted by Crippen LogP contribution is 2.31. The Kier molecular flexibility index (Phi) is 4.89.